The molecule has 43 heavy (non-hydrogen) atoms. The third-order valence-corrected chi connectivity index (χ3v) is 7.19. The van der Waals surface area contributed by atoms with Gasteiger partial charge in [0.2, 0.25) is 0 Å². The van der Waals surface area contributed by atoms with Gasteiger partial charge in [0.15, 0.2) is 0 Å². The lowest BCUT2D eigenvalue weighted by Crippen LogP contribution is -2.68. The molecule has 0 N–H and O–H groups in total. The van der Waals surface area contributed by atoms with Crippen LogP contribution in [0.25, 0.3) is 0 Å². The van der Waals surface area contributed by atoms with Crippen molar-refractivity contribution in [3.05, 3.63) is 0 Å². The quantitative estimate of drug-likeness (QED) is 0.166. The largest absolute Gasteiger partial charge is 0.460 e. The van der Waals surface area contributed by atoms with Gasteiger partial charge in [-0.15, -0.1) is 0 Å². The molecule has 0 aromatic heterocycles. The first-order valence-corrected chi connectivity index (χ1v) is 11.9. The van der Waals surface area contributed by atoms with E-state index in [0.29, 0.717) is 0 Å². The van der Waals surface area contributed by atoms with Gasteiger partial charge >= 0.3 is 78.6 Å². The van der Waals surface area contributed by atoms with Crippen LogP contribution in [-0.4, -0.2) is 87.9 Å². The van der Waals surface area contributed by atoms with E-state index in [0.717, 1.165) is 0 Å². The number of halogens is 22. The summed E-state index contributed by atoms with van der Waals surface area (Å²) >= 11 is 0. The Morgan fingerprint density at radius 1 is 0.442 bits per heavy atom. The number of rotatable bonds is 13. The van der Waals surface area contributed by atoms with E-state index in [9.17, 15) is 113 Å². The summed E-state index contributed by atoms with van der Waals surface area (Å²) in [4.78, 5) is 0. The molecule has 0 saturated heterocycles. The molecule has 30 heteroatoms. The van der Waals surface area contributed by atoms with Gasteiger partial charge < -0.3 is 0 Å². The Balaban J connectivity index is 6.30. The zero-order valence-corrected chi connectivity index (χ0v) is 20.5. The molecule has 260 valence electrons. The first-order valence-electron chi connectivity index (χ1n) is 9.08. The van der Waals surface area contributed by atoms with Gasteiger partial charge in [-0.05, 0) is 6.92 Å². The molecule has 0 bridgehead atoms. The van der Waals surface area contributed by atoms with E-state index in [2.05, 4.69) is 8.37 Å². The highest BCUT2D eigenvalue weighted by atomic mass is 32.2. The molecule has 0 radical (unpaired) electrons. The molecule has 0 aliphatic rings. The van der Waals surface area contributed by atoms with Gasteiger partial charge in [0.05, 0.1) is 12.7 Å². The summed E-state index contributed by atoms with van der Waals surface area (Å²) in [6.07, 6.45) is -19.1. The van der Waals surface area contributed by atoms with E-state index >= 15 is 0 Å². The first kappa shape index (κ1) is 41.3. The van der Waals surface area contributed by atoms with Crippen molar-refractivity contribution in [3.8, 4) is 0 Å². The summed E-state index contributed by atoms with van der Waals surface area (Å²) in [5.74, 6) is -49.7. The van der Waals surface area contributed by atoms with Gasteiger partial charge in [0, 0.05) is 0 Å². The van der Waals surface area contributed by atoms with Crippen LogP contribution in [0.15, 0.2) is 0 Å². The predicted molar refractivity (Wildman–Crippen MR) is 86.0 cm³/mol. The number of alkyl halides is 22. The Bertz CT molecular complexity index is 1230. The van der Waals surface area contributed by atoms with Crippen LogP contribution >= 0.6 is 0 Å². The van der Waals surface area contributed by atoms with Gasteiger partial charge in [0.1, 0.15) is 0 Å². The summed E-state index contributed by atoms with van der Waals surface area (Å²) in [7, 11) is -16.2. The van der Waals surface area contributed by atoms with Crippen LogP contribution in [0.4, 0.5) is 96.6 Å². The van der Waals surface area contributed by atoms with Crippen molar-refractivity contribution in [3.63, 3.8) is 0 Å². The summed E-state index contributed by atoms with van der Waals surface area (Å²) in [6, 6.07) is 0. The van der Waals surface area contributed by atoms with Crippen LogP contribution in [0.5, 0.6) is 0 Å². The van der Waals surface area contributed by atoms with Gasteiger partial charge in [0.25, 0.3) is 0 Å². The minimum absolute atomic E-state index is 0.396. The lowest BCUT2D eigenvalue weighted by Gasteiger charge is -2.36. The Morgan fingerprint density at radius 3 is 0.953 bits per heavy atom. The molecule has 0 aromatic carbocycles. The Morgan fingerprint density at radius 2 is 0.698 bits per heavy atom. The standard InChI is InChI=1S/C13H6F22O6S2/c1-3(41-43(38,39)13(34,35)9(24,25)5(16,17)7(20,21)11(29,30)31)2-40-42(36,37)12(32,33)8(22,23)4(14,15)6(18,19)10(26,27)28/h3H,2H2,1H3. The van der Waals surface area contributed by atoms with E-state index < -0.39 is 98.3 Å². The van der Waals surface area contributed by atoms with Crippen molar-refractivity contribution < 1.29 is 122 Å². The summed E-state index contributed by atoms with van der Waals surface area (Å²) < 4.78 is 334. The highest BCUT2D eigenvalue weighted by Crippen LogP contribution is 2.60. The second kappa shape index (κ2) is 10.7. The monoisotopic (exact) mass is 740 g/mol. The zero-order valence-electron chi connectivity index (χ0n) is 18.9. The average molecular weight is 740 g/mol. The number of hydrogen-bond acceptors (Lipinski definition) is 6. The van der Waals surface area contributed by atoms with Crippen LogP contribution < -0.4 is 0 Å². The lowest BCUT2D eigenvalue weighted by atomic mass is 10.0. The predicted octanol–water partition coefficient (Wildman–Crippen LogP) is 6.19. The Labute approximate surface area is 221 Å². The third-order valence-electron chi connectivity index (χ3n) is 4.40. The smallest absolute Gasteiger partial charge is 0.263 e. The van der Waals surface area contributed by atoms with Gasteiger partial charge in [-0.2, -0.15) is 113 Å². The van der Waals surface area contributed by atoms with Gasteiger partial charge in [-0.3, -0.25) is 8.37 Å². The van der Waals surface area contributed by atoms with E-state index in [1.807, 2.05) is 0 Å². The average Bonchev–Trinajstić information content (AvgIpc) is 2.74. The topological polar surface area (TPSA) is 86.7 Å². The second-order valence-corrected chi connectivity index (χ2v) is 10.8. The van der Waals surface area contributed by atoms with Crippen molar-refractivity contribution in [1.29, 1.82) is 0 Å². The fourth-order valence-electron chi connectivity index (χ4n) is 1.99. The summed E-state index contributed by atoms with van der Waals surface area (Å²) in [5, 5.41) is -15.8. The molecule has 0 aromatic rings. The molecule has 1 unspecified atom stereocenters. The van der Waals surface area contributed by atoms with Gasteiger partial charge in [-0.1, -0.05) is 0 Å². The van der Waals surface area contributed by atoms with Crippen LogP contribution in [0, 0.1) is 0 Å². The van der Waals surface area contributed by atoms with Crippen LogP contribution in [0.2, 0.25) is 0 Å². The first-order chi connectivity index (χ1) is 18.1. The van der Waals surface area contributed by atoms with E-state index in [1.165, 1.54) is 0 Å². The lowest BCUT2D eigenvalue weighted by molar-refractivity contribution is -0.413. The highest BCUT2D eigenvalue weighted by Gasteiger charge is 2.91. The molecule has 0 amide bonds. The molecule has 0 heterocycles. The van der Waals surface area contributed by atoms with E-state index in [4.69, 9.17) is 0 Å². The van der Waals surface area contributed by atoms with Crippen molar-refractivity contribution >= 4 is 20.2 Å². The van der Waals surface area contributed by atoms with Crippen LogP contribution in [0.1, 0.15) is 6.92 Å². The molecule has 0 aliphatic heterocycles. The minimum Gasteiger partial charge on any atom is -0.263 e. The molecule has 0 spiro atoms. The molecule has 0 fully saturated rings. The molecule has 6 nitrogen and oxygen atoms in total. The van der Waals surface area contributed by atoms with Crippen molar-refractivity contribution in [2.75, 3.05) is 6.61 Å². The normalized spacial score (nSPS) is 17.3. The summed E-state index contributed by atoms with van der Waals surface area (Å²) in [6.45, 7) is -3.36. The zero-order chi connectivity index (χ0) is 35.7. The van der Waals surface area contributed by atoms with Crippen molar-refractivity contribution in [2.45, 2.75) is 71.4 Å². The Hall–Kier alpha value is -1.72. The van der Waals surface area contributed by atoms with E-state index in [1.54, 1.807) is 0 Å². The van der Waals surface area contributed by atoms with Crippen LogP contribution in [-0.2, 0) is 28.6 Å². The third kappa shape index (κ3) is 5.99. The molecule has 1 atom stereocenters. The fraction of sp³-hybridized carbons (Fsp3) is 1.00. The molecule has 0 saturated carbocycles. The van der Waals surface area contributed by atoms with E-state index in [-0.39, 0.29) is 0 Å². The maximum Gasteiger partial charge on any atom is 0.460 e. The minimum atomic E-state index is -8.38. The molecule has 0 rings (SSSR count). The van der Waals surface area contributed by atoms with Gasteiger partial charge in [-0.25, -0.2) is 0 Å². The van der Waals surface area contributed by atoms with Crippen LogP contribution in [0.3, 0.4) is 0 Å². The highest BCUT2D eigenvalue weighted by molar-refractivity contribution is 7.88. The fourth-order valence-corrected chi connectivity index (χ4v) is 4.01. The van der Waals surface area contributed by atoms with Crippen molar-refractivity contribution in [1.82, 2.24) is 0 Å². The maximum atomic E-state index is 13.6. The Kier molecular flexibility index (Phi) is 10.3. The van der Waals surface area contributed by atoms with Crippen molar-refractivity contribution in [2.24, 2.45) is 0 Å². The molecular formula is C13H6F22O6S2. The SMILES string of the molecule is CC(COS(=O)(=O)C(F)(F)C(F)(F)C(F)(F)C(F)(F)C(F)(F)F)OS(=O)(=O)C(F)(F)C(F)(F)C(F)(F)C(F)(F)C(F)(F)F. The number of hydrogen-bond donors (Lipinski definition) is 0. The second-order valence-electron chi connectivity index (χ2n) is 7.58. The summed E-state index contributed by atoms with van der Waals surface area (Å²) in [5.41, 5.74) is 0. The molecule has 0 aliphatic carbocycles. The molecular weight excluding hydrogens is 734 g/mol. The maximum absolute atomic E-state index is 13.6.